The van der Waals surface area contributed by atoms with Crippen LogP contribution in [0.5, 0.6) is 0 Å². The lowest BCUT2D eigenvalue weighted by molar-refractivity contribution is -0.677. The molecule has 0 radical (unpaired) electrons. The van der Waals surface area contributed by atoms with Crippen LogP contribution in [0.15, 0.2) is 212 Å². The predicted molar refractivity (Wildman–Crippen MR) is 262 cm³/mol. The maximum absolute atomic E-state index is 2.64. The summed E-state index contributed by atoms with van der Waals surface area (Å²) in [6.07, 6.45) is 5.17. The van der Waals surface area contributed by atoms with Crippen LogP contribution in [0.25, 0.3) is 72.0 Å². The van der Waals surface area contributed by atoms with Crippen molar-refractivity contribution in [2.24, 2.45) is 0 Å². The molecular formula is C60H46N3+. The van der Waals surface area contributed by atoms with Gasteiger partial charge in [-0.25, -0.2) is 4.90 Å². The standard InChI is InChI=1S/C60H45N3/c1-7-19-55-49(13-1)50-14-2-8-20-56(50)61(55)46-31-25-40(26-32-46)43-37-44(41-27-33-47(34-28-41)62-57-21-9-3-15-51(57)52-16-4-10-22-58(52)62)39-45(38-43)42-29-35-48(36-30-42)63-59-23-11-5-17-53(59)54-18-6-12-24-60(54)63/h1-5,7-11,13-17,19-23,25-39,54,60H,6,12,18,24H2/p+1. The van der Waals surface area contributed by atoms with Crippen LogP contribution in [-0.2, 0) is 0 Å². The summed E-state index contributed by atoms with van der Waals surface area (Å²) in [6, 6.07) is 79.8. The van der Waals surface area contributed by atoms with Crippen molar-refractivity contribution < 1.29 is 4.90 Å². The number of anilines is 2. The molecule has 2 atom stereocenters. The molecule has 0 amide bonds. The van der Waals surface area contributed by atoms with Crippen LogP contribution in [0.1, 0.15) is 37.2 Å². The lowest BCUT2D eigenvalue weighted by Gasteiger charge is -2.33. The molecule has 1 aliphatic carbocycles. The lowest BCUT2D eigenvalue weighted by Crippen LogP contribution is -2.95. The van der Waals surface area contributed by atoms with Gasteiger partial charge in [0.25, 0.3) is 0 Å². The molecule has 300 valence electrons. The Labute approximate surface area is 368 Å². The van der Waals surface area contributed by atoms with E-state index in [1.54, 1.807) is 0 Å². The van der Waals surface area contributed by atoms with Crippen molar-refractivity contribution in [3.05, 3.63) is 218 Å². The van der Waals surface area contributed by atoms with Crippen LogP contribution in [0.3, 0.4) is 0 Å². The molecular weight excluding hydrogens is 763 g/mol. The summed E-state index contributed by atoms with van der Waals surface area (Å²) in [4.78, 5) is 3.95. The number of para-hydroxylation sites is 5. The zero-order chi connectivity index (χ0) is 41.4. The van der Waals surface area contributed by atoms with Crippen molar-refractivity contribution in [1.82, 2.24) is 4.57 Å². The maximum atomic E-state index is 2.64. The third kappa shape index (κ3) is 5.84. The summed E-state index contributed by atoms with van der Waals surface area (Å²) >= 11 is 0. The van der Waals surface area contributed by atoms with Gasteiger partial charge in [0, 0.05) is 75.2 Å². The highest BCUT2D eigenvalue weighted by atomic mass is 15.2. The minimum atomic E-state index is 0.537. The van der Waals surface area contributed by atoms with Crippen molar-refractivity contribution in [1.29, 1.82) is 0 Å². The molecule has 0 bridgehead atoms. The van der Waals surface area contributed by atoms with Crippen molar-refractivity contribution in [2.45, 2.75) is 37.6 Å². The minimum absolute atomic E-state index is 0.537. The number of nitrogens with zero attached hydrogens (tertiary/aromatic N) is 2. The highest BCUT2D eigenvalue weighted by molar-refractivity contribution is 6.09. The summed E-state index contributed by atoms with van der Waals surface area (Å²) in [5.41, 5.74) is 21.6. The van der Waals surface area contributed by atoms with Gasteiger partial charge in [-0.1, -0.05) is 116 Å². The topological polar surface area (TPSA) is 12.6 Å². The van der Waals surface area contributed by atoms with Crippen molar-refractivity contribution in [3.8, 4) is 50.2 Å². The lowest BCUT2D eigenvalue weighted by atomic mass is 9.82. The molecule has 13 rings (SSSR count). The first-order valence-corrected chi connectivity index (χ1v) is 22.6. The van der Waals surface area contributed by atoms with Gasteiger partial charge in [0.05, 0.1) is 11.0 Å². The van der Waals surface area contributed by atoms with E-state index in [0.29, 0.717) is 12.0 Å². The molecule has 1 aromatic heterocycles. The molecule has 3 heterocycles. The van der Waals surface area contributed by atoms with E-state index in [0.717, 1.165) is 5.69 Å². The van der Waals surface area contributed by atoms with Crippen LogP contribution >= 0.6 is 0 Å². The third-order valence-corrected chi connectivity index (χ3v) is 14.3. The quantitative estimate of drug-likeness (QED) is 0.177. The minimum Gasteiger partial charge on any atom is -0.338 e. The van der Waals surface area contributed by atoms with Gasteiger partial charge >= 0.3 is 0 Å². The number of quaternary nitrogens is 1. The second kappa shape index (κ2) is 14.6. The van der Waals surface area contributed by atoms with Gasteiger partial charge in [-0.05, 0) is 137 Å². The number of aromatic nitrogens is 1. The Balaban J connectivity index is 0.898. The fourth-order valence-corrected chi connectivity index (χ4v) is 11.4. The van der Waals surface area contributed by atoms with Crippen LogP contribution in [0.4, 0.5) is 28.4 Å². The number of nitrogens with one attached hydrogen (secondary N) is 1. The van der Waals surface area contributed by atoms with Gasteiger partial charge in [-0.3, -0.25) is 0 Å². The number of hydrogen-bond acceptors (Lipinski definition) is 1. The molecule has 2 aliphatic heterocycles. The van der Waals surface area contributed by atoms with Gasteiger partial charge in [-0.15, -0.1) is 0 Å². The van der Waals surface area contributed by atoms with Crippen molar-refractivity contribution in [3.63, 3.8) is 0 Å². The third-order valence-electron chi connectivity index (χ3n) is 14.3. The normalized spacial score (nSPS) is 16.5. The first-order valence-electron chi connectivity index (χ1n) is 22.6. The zero-order valence-corrected chi connectivity index (χ0v) is 35.1. The Hall–Kier alpha value is -7.46. The van der Waals surface area contributed by atoms with E-state index in [9.17, 15) is 0 Å². The molecule has 63 heavy (non-hydrogen) atoms. The Bertz CT molecular complexity index is 3260. The Morgan fingerprint density at radius 3 is 1.48 bits per heavy atom. The average molecular weight is 809 g/mol. The zero-order valence-electron chi connectivity index (χ0n) is 35.1. The molecule has 3 nitrogen and oxygen atoms in total. The molecule has 3 heteroatoms. The van der Waals surface area contributed by atoms with Crippen LogP contribution in [0.2, 0.25) is 0 Å². The second-order valence-electron chi connectivity index (χ2n) is 17.7. The molecule has 9 aromatic carbocycles. The summed E-state index contributed by atoms with van der Waals surface area (Å²) in [5, 5.41) is 2.55. The van der Waals surface area contributed by atoms with Crippen LogP contribution in [-0.4, -0.2) is 10.6 Å². The first kappa shape index (κ1) is 36.2. The summed E-state index contributed by atoms with van der Waals surface area (Å²) in [6.45, 7) is 0. The largest absolute Gasteiger partial charge is 0.338 e. The fraction of sp³-hybridized carbons (Fsp3) is 0.100. The molecule has 1 fully saturated rings. The van der Waals surface area contributed by atoms with Gasteiger partial charge in [-0.2, -0.15) is 0 Å². The van der Waals surface area contributed by atoms with Crippen LogP contribution < -0.4 is 9.80 Å². The summed E-state index contributed by atoms with van der Waals surface area (Å²) in [5.74, 6) is 0.623. The number of fused-ring (bicyclic) bond motifs is 9. The first-order chi connectivity index (χ1) is 31.2. The number of rotatable bonds is 6. The molecule has 10 aromatic rings. The van der Waals surface area contributed by atoms with E-state index < -0.39 is 0 Å². The SMILES string of the molecule is c1ccc2c(c1)-c1ccccc1[NH+]2c1ccc(-c2cc(-c3ccc(N4c5ccccc5C5CCCCC54)cc3)cc(-c3ccc(-n4c5ccccc5c5ccccc54)cc3)c2)cc1. The van der Waals surface area contributed by atoms with Crippen LogP contribution in [0, 0.1) is 0 Å². The van der Waals surface area contributed by atoms with Gasteiger partial charge in [0.1, 0.15) is 17.1 Å². The average Bonchev–Trinajstić information content (AvgIpc) is 4.00. The van der Waals surface area contributed by atoms with E-state index in [4.69, 9.17) is 0 Å². The van der Waals surface area contributed by atoms with Gasteiger partial charge in [0.2, 0.25) is 0 Å². The number of hydrogen-bond donors (Lipinski definition) is 1. The molecule has 0 saturated heterocycles. The van der Waals surface area contributed by atoms with Gasteiger partial charge in [0.15, 0.2) is 0 Å². The smallest absolute Gasteiger partial charge is 0.149 e. The summed E-state index contributed by atoms with van der Waals surface area (Å²) < 4.78 is 2.40. The van der Waals surface area contributed by atoms with E-state index in [-0.39, 0.29) is 0 Å². The van der Waals surface area contributed by atoms with E-state index in [2.05, 4.69) is 222 Å². The Morgan fingerprint density at radius 1 is 0.397 bits per heavy atom. The molecule has 0 spiro atoms. The molecule has 1 saturated carbocycles. The van der Waals surface area contributed by atoms with Crippen molar-refractivity contribution >= 4 is 50.2 Å². The van der Waals surface area contributed by atoms with E-state index in [1.807, 2.05) is 0 Å². The van der Waals surface area contributed by atoms with Crippen molar-refractivity contribution in [2.75, 3.05) is 4.90 Å². The van der Waals surface area contributed by atoms with Gasteiger partial charge < -0.3 is 9.47 Å². The highest BCUT2D eigenvalue weighted by Gasteiger charge is 2.40. The van der Waals surface area contributed by atoms with E-state index in [1.165, 1.54) is 131 Å². The summed E-state index contributed by atoms with van der Waals surface area (Å²) in [7, 11) is 0. The second-order valence-corrected chi connectivity index (χ2v) is 17.7. The Morgan fingerprint density at radius 2 is 0.873 bits per heavy atom. The Kier molecular flexibility index (Phi) is 8.38. The molecule has 2 unspecified atom stereocenters. The van der Waals surface area contributed by atoms with E-state index >= 15 is 0 Å². The molecule has 1 N–H and O–H groups in total. The fourth-order valence-electron chi connectivity index (χ4n) is 11.4. The molecule has 3 aliphatic rings. The maximum Gasteiger partial charge on any atom is 0.149 e. The monoisotopic (exact) mass is 808 g/mol. The highest BCUT2D eigenvalue weighted by Crippen LogP contribution is 2.51. The number of benzene rings is 9. The predicted octanol–water partition coefficient (Wildman–Crippen LogP) is 15.1.